The van der Waals surface area contributed by atoms with Crippen molar-refractivity contribution in [3.05, 3.63) is 222 Å². The molecule has 0 saturated heterocycles. The van der Waals surface area contributed by atoms with Crippen molar-refractivity contribution < 1.29 is 4.42 Å². The Labute approximate surface area is 363 Å². The van der Waals surface area contributed by atoms with Crippen LogP contribution >= 0.6 is 0 Å². The molecule has 0 radical (unpaired) electrons. The molecule has 2 heteroatoms. The number of para-hydroxylation sites is 1. The normalized spacial score (nSPS) is 14.1. The van der Waals surface area contributed by atoms with Gasteiger partial charge in [0.1, 0.15) is 11.2 Å². The average Bonchev–Trinajstić information content (AvgIpc) is 3.88. The van der Waals surface area contributed by atoms with Crippen LogP contribution in [0.4, 0.5) is 17.1 Å². The molecule has 0 N–H and O–H groups in total. The zero-order valence-electron chi connectivity index (χ0n) is 35.4. The van der Waals surface area contributed by atoms with Gasteiger partial charge in [-0.25, -0.2) is 0 Å². The highest BCUT2D eigenvalue weighted by atomic mass is 16.3. The molecule has 1 aromatic heterocycles. The molecular formula is C60H45NO. The number of benzene rings is 9. The molecule has 296 valence electrons. The fourth-order valence-corrected chi connectivity index (χ4v) is 10.5. The van der Waals surface area contributed by atoms with E-state index in [0.717, 1.165) is 39.0 Å². The maximum absolute atomic E-state index is 6.18. The Balaban J connectivity index is 0.956. The highest BCUT2D eigenvalue weighted by molar-refractivity contribution is 6.06. The van der Waals surface area contributed by atoms with Crippen LogP contribution in [0.25, 0.3) is 77.6 Å². The van der Waals surface area contributed by atoms with Crippen molar-refractivity contribution in [2.24, 2.45) is 0 Å². The molecule has 12 rings (SSSR count). The second kappa shape index (κ2) is 13.5. The summed E-state index contributed by atoms with van der Waals surface area (Å²) in [7, 11) is 0. The number of fused-ring (bicyclic) bond motifs is 9. The molecule has 9 aromatic carbocycles. The number of hydrogen-bond donors (Lipinski definition) is 0. The van der Waals surface area contributed by atoms with E-state index in [1.54, 1.807) is 0 Å². The van der Waals surface area contributed by atoms with E-state index < -0.39 is 0 Å². The number of rotatable bonds is 6. The van der Waals surface area contributed by atoms with Crippen LogP contribution in [0.2, 0.25) is 0 Å². The van der Waals surface area contributed by atoms with Crippen LogP contribution in [0.15, 0.2) is 205 Å². The third-order valence-electron chi connectivity index (χ3n) is 13.9. The number of anilines is 3. The fraction of sp³-hybridized carbons (Fsp3) is 0.100. The highest BCUT2D eigenvalue weighted by Crippen LogP contribution is 2.54. The Kier molecular flexibility index (Phi) is 7.96. The first-order chi connectivity index (χ1) is 30.2. The van der Waals surface area contributed by atoms with Crippen molar-refractivity contribution >= 4 is 39.0 Å². The van der Waals surface area contributed by atoms with E-state index >= 15 is 0 Å². The molecule has 0 atom stereocenters. The molecule has 1 heterocycles. The van der Waals surface area contributed by atoms with Gasteiger partial charge in [0.25, 0.3) is 0 Å². The molecule has 0 amide bonds. The van der Waals surface area contributed by atoms with E-state index in [0.29, 0.717) is 0 Å². The maximum atomic E-state index is 6.18. The van der Waals surface area contributed by atoms with Gasteiger partial charge in [-0.2, -0.15) is 0 Å². The molecule has 0 spiro atoms. The van der Waals surface area contributed by atoms with Crippen LogP contribution in [0.3, 0.4) is 0 Å². The molecule has 2 aliphatic carbocycles. The van der Waals surface area contributed by atoms with Crippen molar-refractivity contribution in [3.8, 4) is 55.6 Å². The van der Waals surface area contributed by atoms with Crippen LogP contribution in [-0.2, 0) is 10.8 Å². The number of nitrogens with zero attached hydrogens (tertiary/aromatic N) is 1. The van der Waals surface area contributed by atoms with Gasteiger partial charge in [-0.1, -0.05) is 161 Å². The monoisotopic (exact) mass is 795 g/mol. The Morgan fingerprint density at radius 2 is 0.694 bits per heavy atom. The minimum atomic E-state index is -0.218. The molecule has 0 unspecified atom stereocenters. The molecular weight excluding hydrogens is 751 g/mol. The van der Waals surface area contributed by atoms with Gasteiger partial charge in [0.15, 0.2) is 0 Å². The van der Waals surface area contributed by atoms with E-state index in [9.17, 15) is 0 Å². The Morgan fingerprint density at radius 3 is 1.27 bits per heavy atom. The summed E-state index contributed by atoms with van der Waals surface area (Å²) in [5.41, 5.74) is 22.9. The van der Waals surface area contributed by atoms with E-state index in [1.165, 1.54) is 77.9 Å². The smallest absolute Gasteiger partial charge is 0.135 e. The predicted molar refractivity (Wildman–Crippen MR) is 260 cm³/mol. The predicted octanol–water partition coefficient (Wildman–Crippen LogP) is 16.7. The Morgan fingerprint density at radius 1 is 0.306 bits per heavy atom. The van der Waals surface area contributed by atoms with Crippen molar-refractivity contribution in [2.75, 3.05) is 4.90 Å². The quantitative estimate of drug-likeness (QED) is 0.167. The summed E-state index contributed by atoms with van der Waals surface area (Å²) in [6, 6.07) is 73.7. The van der Waals surface area contributed by atoms with Gasteiger partial charge >= 0.3 is 0 Å². The molecule has 10 aromatic rings. The van der Waals surface area contributed by atoms with Crippen molar-refractivity contribution in [1.82, 2.24) is 0 Å². The topological polar surface area (TPSA) is 16.4 Å². The molecule has 2 aliphatic rings. The highest BCUT2D eigenvalue weighted by Gasteiger charge is 2.38. The molecule has 0 saturated carbocycles. The number of hydrogen-bond acceptors (Lipinski definition) is 2. The minimum absolute atomic E-state index is 0.178. The summed E-state index contributed by atoms with van der Waals surface area (Å²) in [6.07, 6.45) is 0. The van der Waals surface area contributed by atoms with Crippen molar-refractivity contribution in [2.45, 2.75) is 38.5 Å². The third-order valence-corrected chi connectivity index (χ3v) is 13.9. The second-order valence-corrected chi connectivity index (χ2v) is 18.2. The second-order valence-electron chi connectivity index (χ2n) is 18.2. The van der Waals surface area contributed by atoms with E-state index in [4.69, 9.17) is 4.42 Å². The lowest BCUT2D eigenvalue weighted by Crippen LogP contribution is -2.18. The lowest BCUT2D eigenvalue weighted by Gasteiger charge is -2.30. The molecule has 62 heavy (non-hydrogen) atoms. The Bertz CT molecular complexity index is 3390. The molecule has 0 bridgehead atoms. The zero-order valence-corrected chi connectivity index (χ0v) is 35.4. The van der Waals surface area contributed by atoms with Crippen LogP contribution in [0, 0.1) is 0 Å². The summed E-state index contributed by atoms with van der Waals surface area (Å²) < 4.78 is 6.18. The summed E-state index contributed by atoms with van der Waals surface area (Å²) >= 11 is 0. The van der Waals surface area contributed by atoms with E-state index in [1.807, 2.05) is 12.1 Å². The largest absolute Gasteiger partial charge is 0.456 e. The van der Waals surface area contributed by atoms with Crippen molar-refractivity contribution in [3.63, 3.8) is 0 Å². The van der Waals surface area contributed by atoms with Gasteiger partial charge in [-0.05, 0) is 145 Å². The van der Waals surface area contributed by atoms with Gasteiger partial charge in [-0.3, -0.25) is 0 Å². The van der Waals surface area contributed by atoms with Gasteiger partial charge in [-0.15, -0.1) is 0 Å². The lowest BCUT2D eigenvalue weighted by atomic mass is 9.81. The van der Waals surface area contributed by atoms with Crippen LogP contribution in [-0.4, -0.2) is 0 Å². The SMILES string of the molecule is CC1(C)c2cc(-c3ccccc3)ccc2-c2ccc(N(c3ccc(-c4ccccc4)cc3)c3ccc4c(c3)C(C)(C)c3cc(-c5ccc6oc7ccccc7c6c5)ccc3-4)cc21. The first-order valence-corrected chi connectivity index (χ1v) is 21.7. The van der Waals surface area contributed by atoms with Gasteiger partial charge in [0.2, 0.25) is 0 Å². The standard InChI is InChI=1S/C60H45NO/c1-59(2)53-34-42(39-15-9-6-10-16-39)21-28-47(53)49-30-26-45(36-55(49)59)61(44-24-19-40(20-25-44)38-13-7-5-8-14-38)46-27-31-50-48-29-22-43(35-54(48)60(3,4)56(50)37-46)41-23-32-58-52(33-41)51-17-11-12-18-57(51)62-58/h5-37H,1-4H3. The molecule has 0 fully saturated rings. The van der Waals surface area contributed by atoms with Gasteiger partial charge < -0.3 is 9.32 Å². The minimum Gasteiger partial charge on any atom is -0.456 e. The van der Waals surface area contributed by atoms with E-state index in [-0.39, 0.29) is 10.8 Å². The van der Waals surface area contributed by atoms with Crippen molar-refractivity contribution in [1.29, 1.82) is 0 Å². The fourth-order valence-electron chi connectivity index (χ4n) is 10.5. The molecule has 0 aliphatic heterocycles. The van der Waals surface area contributed by atoms with E-state index in [2.05, 4.69) is 221 Å². The first-order valence-electron chi connectivity index (χ1n) is 21.7. The zero-order chi connectivity index (χ0) is 41.7. The Hall–Kier alpha value is -7.42. The maximum Gasteiger partial charge on any atom is 0.135 e. The summed E-state index contributed by atoms with van der Waals surface area (Å²) in [5.74, 6) is 0. The van der Waals surface area contributed by atoms with Gasteiger partial charge in [0.05, 0.1) is 0 Å². The van der Waals surface area contributed by atoms with Crippen LogP contribution in [0.1, 0.15) is 49.9 Å². The van der Waals surface area contributed by atoms with Gasteiger partial charge in [0, 0.05) is 38.7 Å². The summed E-state index contributed by atoms with van der Waals surface area (Å²) in [4.78, 5) is 2.46. The third kappa shape index (κ3) is 5.56. The average molecular weight is 796 g/mol. The summed E-state index contributed by atoms with van der Waals surface area (Å²) in [5, 5.41) is 2.30. The van der Waals surface area contributed by atoms with Crippen LogP contribution in [0.5, 0.6) is 0 Å². The lowest BCUT2D eigenvalue weighted by molar-refractivity contribution is 0.660. The van der Waals surface area contributed by atoms with Crippen LogP contribution < -0.4 is 4.90 Å². The first kappa shape index (κ1) is 36.4. The molecule has 2 nitrogen and oxygen atoms in total. The summed E-state index contributed by atoms with van der Waals surface area (Å²) in [6.45, 7) is 9.54. The number of furan rings is 1.